The number of anilines is 1. The summed E-state index contributed by atoms with van der Waals surface area (Å²) < 4.78 is 45.7. The summed E-state index contributed by atoms with van der Waals surface area (Å²) in [7, 11) is -4.02. The lowest BCUT2D eigenvalue weighted by Crippen LogP contribution is -2.15. The summed E-state index contributed by atoms with van der Waals surface area (Å²) >= 11 is 0. The molecule has 1 N–H and O–H groups in total. The van der Waals surface area contributed by atoms with E-state index < -0.39 is 15.8 Å². The normalized spacial score (nSPS) is 16.1. The van der Waals surface area contributed by atoms with Gasteiger partial charge in [-0.15, -0.1) is 0 Å². The molecule has 0 bridgehead atoms. The van der Waals surface area contributed by atoms with Crippen LogP contribution < -0.4 is 4.72 Å². The Labute approximate surface area is 128 Å². The van der Waals surface area contributed by atoms with Crippen molar-refractivity contribution in [3.8, 4) is 0 Å². The highest BCUT2D eigenvalue weighted by Gasteiger charge is 2.23. The van der Waals surface area contributed by atoms with Gasteiger partial charge in [0.2, 0.25) is 0 Å². The summed E-state index contributed by atoms with van der Waals surface area (Å²) in [6.45, 7) is 1.64. The van der Waals surface area contributed by atoms with Crippen molar-refractivity contribution >= 4 is 15.8 Å². The maximum atomic E-state index is 14.2. The third kappa shape index (κ3) is 2.99. The molecule has 3 rings (SSSR count). The van der Waals surface area contributed by atoms with E-state index in [1.807, 2.05) is 0 Å². The van der Waals surface area contributed by atoms with Crippen LogP contribution in [0.15, 0.2) is 33.7 Å². The molecule has 1 fully saturated rings. The smallest absolute Gasteiger partial charge is 0.266 e. The zero-order chi connectivity index (χ0) is 15.7. The van der Waals surface area contributed by atoms with E-state index >= 15 is 0 Å². The van der Waals surface area contributed by atoms with Crippen molar-refractivity contribution in [2.45, 2.75) is 43.4 Å². The number of nitrogens with one attached hydrogen (secondary N) is 1. The van der Waals surface area contributed by atoms with E-state index in [9.17, 15) is 12.8 Å². The Morgan fingerprint density at radius 3 is 2.59 bits per heavy atom. The molecule has 1 saturated carbocycles. The molecular weight excluding hydrogens is 307 g/mol. The molecule has 1 aliphatic rings. The molecule has 0 radical (unpaired) electrons. The molecule has 118 valence electrons. The van der Waals surface area contributed by atoms with Gasteiger partial charge >= 0.3 is 0 Å². The van der Waals surface area contributed by atoms with E-state index in [1.54, 1.807) is 13.0 Å². The molecule has 7 heteroatoms. The summed E-state index contributed by atoms with van der Waals surface area (Å²) in [5, 5.41) is 3.55. The SMILES string of the molecule is Cc1cc(NS(=O)(=O)c2ccc(C3CCCC3)cc2F)no1. The Kier molecular flexibility index (Phi) is 3.90. The average Bonchev–Trinajstić information content (AvgIpc) is 3.09. The van der Waals surface area contributed by atoms with Crippen LogP contribution in [0.2, 0.25) is 0 Å². The van der Waals surface area contributed by atoms with Gasteiger partial charge in [-0.2, -0.15) is 0 Å². The highest BCUT2D eigenvalue weighted by Crippen LogP contribution is 2.35. The summed E-state index contributed by atoms with van der Waals surface area (Å²) in [6.07, 6.45) is 4.34. The minimum Gasteiger partial charge on any atom is -0.360 e. The number of hydrogen-bond acceptors (Lipinski definition) is 4. The van der Waals surface area contributed by atoms with Gasteiger partial charge in [0, 0.05) is 6.07 Å². The van der Waals surface area contributed by atoms with Crippen LogP contribution in [-0.4, -0.2) is 13.6 Å². The predicted octanol–water partition coefficient (Wildman–Crippen LogP) is 3.58. The fourth-order valence-electron chi connectivity index (χ4n) is 2.86. The van der Waals surface area contributed by atoms with Crippen molar-refractivity contribution in [2.24, 2.45) is 0 Å². The van der Waals surface area contributed by atoms with Gasteiger partial charge in [0.05, 0.1) is 0 Å². The van der Waals surface area contributed by atoms with Crippen LogP contribution in [0.4, 0.5) is 10.2 Å². The summed E-state index contributed by atoms with van der Waals surface area (Å²) in [5.74, 6) is 0.0982. The third-order valence-corrected chi connectivity index (χ3v) is 5.33. The number of benzene rings is 1. The molecule has 0 atom stereocenters. The van der Waals surface area contributed by atoms with Crippen molar-refractivity contribution in [3.05, 3.63) is 41.4 Å². The van der Waals surface area contributed by atoms with Gasteiger partial charge in [0.25, 0.3) is 10.0 Å². The average molecular weight is 324 g/mol. The monoisotopic (exact) mass is 324 g/mol. The molecule has 0 unspecified atom stereocenters. The highest BCUT2D eigenvalue weighted by molar-refractivity contribution is 7.92. The second kappa shape index (κ2) is 5.72. The van der Waals surface area contributed by atoms with Gasteiger partial charge < -0.3 is 4.52 Å². The maximum Gasteiger partial charge on any atom is 0.266 e. The first-order valence-corrected chi connectivity index (χ1v) is 8.69. The number of hydrogen-bond donors (Lipinski definition) is 1. The van der Waals surface area contributed by atoms with Crippen LogP contribution in [0.25, 0.3) is 0 Å². The van der Waals surface area contributed by atoms with Gasteiger partial charge in [-0.1, -0.05) is 24.1 Å². The Morgan fingerprint density at radius 1 is 1.27 bits per heavy atom. The lowest BCUT2D eigenvalue weighted by molar-refractivity contribution is 0.400. The van der Waals surface area contributed by atoms with Crippen LogP contribution in [-0.2, 0) is 10.0 Å². The van der Waals surface area contributed by atoms with Gasteiger partial charge in [-0.3, -0.25) is 4.72 Å². The van der Waals surface area contributed by atoms with Crippen molar-refractivity contribution in [1.29, 1.82) is 0 Å². The lowest BCUT2D eigenvalue weighted by atomic mass is 9.98. The fourth-order valence-corrected chi connectivity index (χ4v) is 3.90. The summed E-state index contributed by atoms with van der Waals surface area (Å²) in [4.78, 5) is -0.380. The summed E-state index contributed by atoms with van der Waals surface area (Å²) in [5.41, 5.74) is 0.867. The second-order valence-electron chi connectivity index (χ2n) is 5.60. The zero-order valence-corrected chi connectivity index (χ0v) is 13.0. The molecular formula is C15H17FN2O3S. The minimum absolute atomic E-state index is 0.0387. The van der Waals surface area contributed by atoms with Crippen LogP contribution in [0.1, 0.15) is 42.9 Å². The van der Waals surface area contributed by atoms with Crippen LogP contribution in [0, 0.1) is 12.7 Å². The van der Waals surface area contributed by atoms with E-state index in [0.29, 0.717) is 11.7 Å². The topological polar surface area (TPSA) is 72.2 Å². The minimum atomic E-state index is -4.02. The van der Waals surface area contributed by atoms with E-state index in [2.05, 4.69) is 9.88 Å². The lowest BCUT2D eigenvalue weighted by Gasteiger charge is -2.12. The number of rotatable bonds is 4. The van der Waals surface area contributed by atoms with Crippen LogP contribution in [0.3, 0.4) is 0 Å². The largest absolute Gasteiger partial charge is 0.360 e. The Hall–Kier alpha value is -1.89. The van der Waals surface area contributed by atoms with E-state index in [4.69, 9.17) is 4.52 Å². The molecule has 0 aliphatic heterocycles. The Morgan fingerprint density at radius 2 is 2.00 bits per heavy atom. The maximum absolute atomic E-state index is 14.2. The molecule has 2 aromatic rings. The molecule has 1 aromatic carbocycles. The van der Waals surface area contributed by atoms with Crippen molar-refractivity contribution in [2.75, 3.05) is 4.72 Å². The van der Waals surface area contributed by atoms with E-state index in [0.717, 1.165) is 31.2 Å². The number of aryl methyl sites for hydroxylation is 1. The number of nitrogens with zero attached hydrogens (tertiary/aromatic N) is 1. The van der Waals surface area contributed by atoms with Gasteiger partial charge in [-0.25, -0.2) is 12.8 Å². The highest BCUT2D eigenvalue weighted by atomic mass is 32.2. The zero-order valence-electron chi connectivity index (χ0n) is 12.2. The van der Waals surface area contributed by atoms with Crippen molar-refractivity contribution < 1.29 is 17.3 Å². The van der Waals surface area contributed by atoms with E-state index in [1.165, 1.54) is 18.2 Å². The van der Waals surface area contributed by atoms with Gasteiger partial charge in [-0.05, 0) is 43.4 Å². The van der Waals surface area contributed by atoms with Gasteiger partial charge in [0.1, 0.15) is 16.5 Å². The fraction of sp³-hybridized carbons (Fsp3) is 0.400. The molecule has 0 saturated heterocycles. The van der Waals surface area contributed by atoms with Gasteiger partial charge in [0.15, 0.2) is 5.82 Å². The first-order chi connectivity index (χ1) is 10.5. The quantitative estimate of drug-likeness (QED) is 0.933. The second-order valence-corrected chi connectivity index (χ2v) is 7.25. The van der Waals surface area contributed by atoms with Crippen molar-refractivity contribution in [1.82, 2.24) is 5.16 Å². The van der Waals surface area contributed by atoms with Crippen LogP contribution in [0.5, 0.6) is 0 Å². The molecule has 22 heavy (non-hydrogen) atoms. The molecule has 0 spiro atoms. The van der Waals surface area contributed by atoms with Crippen LogP contribution >= 0.6 is 0 Å². The third-order valence-electron chi connectivity index (χ3n) is 3.94. The van der Waals surface area contributed by atoms with E-state index in [-0.39, 0.29) is 10.7 Å². The molecule has 1 aromatic heterocycles. The predicted molar refractivity (Wildman–Crippen MR) is 79.7 cm³/mol. The summed E-state index contributed by atoms with van der Waals surface area (Å²) in [6, 6.07) is 5.78. The standard InChI is InChI=1S/C15H17FN2O3S/c1-10-8-15(17-21-10)18-22(19,20)14-7-6-12(9-13(14)16)11-4-2-3-5-11/h6-9,11H,2-5H2,1H3,(H,17,18). The molecule has 1 aliphatic carbocycles. The molecule has 0 amide bonds. The first kappa shape index (κ1) is 15.0. The number of aromatic nitrogens is 1. The number of sulfonamides is 1. The molecule has 5 nitrogen and oxygen atoms in total. The number of halogens is 1. The van der Waals surface area contributed by atoms with Crippen molar-refractivity contribution in [3.63, 3.8) is 0 Å². The Bertz CT molecular complexity index is 780. The molecule has 1 heterocycles. The first-order valence-electron chi connectivity index (χ1n) is 7.21. The Balaban J connectivity index is 1.87.